The van der Waals surface area contributed by atoms with Crippen molar-refractivity contribution in [1.82, 2.24) is 29.7 Å². The van der Waals surface area contributed by atoms with Crippen LogP contribution in [0.3, 0.4) is 0 Å². The minimum Gasteiger partial charge on any atom is -0.481 e. The Hall–Kier alpha value is -4.71. The van der Waals surface area contributed by atoms with Gasteiger partial charge in [-0.3, -0.25) is 18.7 Å². The predicted molar refractivity (Wildman–Crippen MR) is 190 cm³/mol. The number of benzene rings is 2. The van der Waals surface area contributed by atoms with Gasteiger partial charge in [0.05, 0.1) is 34.1 Å². The van der Waals surface area contributed by atoms with Crippen LogP contribution in [0, 0.1) is 0 Å². The maximum atomic E-state index is 13.1. The average Bonchev–Trinajstić information content (AvgIpc) is 3.76. The van der Waals surface area contributed by atoms with Crippen molar-refractivity contribution in [2.75, 3.05) is 26.0 Å². The number of carbonyl (C=O) groups excluding carboxylic acids is 1. The Morgan fingerprint density at radius 1 is 0.958 bits per heavy atom. The molecular formula is C35H35Cl2N7O4. The monoisotopic (exact) mass is 687 g/mol. The molecule has 1 saturated heterocycles. The first-order chi connectivity index (χ1) is 23.1. The van der Waals surface area contributed by atoms with Crippen molar-refractivity contribution in [1.29, 1.82) is 0 Å². The Morgan fingerprint density at radius 3 is 2.35 bits per heavy atom. The highest BCUT2D eigenvalue weighted by molar-refractivity contribution is 6.39. The van der Waals surface area contributed by atoms with E-state index >= 15 is 0 Å². The van der Waals surface area contributed by atoms with Crippen molar-refractivity contribution in [3.63, 3.8) is 0 Å². The lowest BCUT2D eigenvalue weighted by Crippen LogP contribution is -2.37. The number of nitrogens with one attached hydrogen (secondary N) is 3. The first kappa shape index (κ1) is 33.2. The van der Waals surface area contributed by atoms with Crippen LogP contribution in [0.4, 0.5) is 11.5 Å². The predicted octanol–water partition coefficient (Wildman–Crippen LogP) is 5.52. The van der Waals surface area contributed by atoms with Crippen molar-refractivity contribution in [3.8, 4) is 28.3 Å². The highest BCUT2D eigenvalue weighted by atomic mass is 35.5. The highest BCUT2D eigenvalue weighted by Gasteiger charge is 2.28. The largest absolute Gasteiger partial charge is 0.481 e. The molecule has 1 amide bonds. The Bertz CT molecular complexity index is 2170. The maximum absolute atomic E-state index is 13.1. The van der Waals surface area contributed by atoms with Gasteiger partial charge in [-0.1, -0.05) is 53.5 Å². The fourth-order valence-corrected chi connectivity index (χ4v) is 6.87. The Balaban J connectivity index is 0.000000604. The summed E-state index contributed by atoms with van der Waals surface area (Å²) in [6.45, 7) is 0.888. The van der Waals surface area contributed by atoms with Crippen molar-refractivity contribution < 1.29 is 9.53 Å². The van der Waals surface area contributed by atoms with Crippen molar-refractivity contribution >= 4 is 51.5 Å². The van der Waals surface area contributed by atoms with Crippen molar-refractivity contribution in [2.24, 2.45) is 14.1 Å². The van der Waals surface area contributed by atoms with Crippen LogP contribution in [0.2, 0.25) is 10.0 Å². The quantitative estimate of drug-likeness (QED) is 0.213. The topological polar surface area (TPSA) is 132 Å². The maximum Gasteiger partial charge on any atom is 0.330 e. The van der Waals surface area contributed by atoms with Gasteiger partial charge >= 0.3 is 5.69 Å². The molecule has 0 radical (unpaired) electrons. The summed E-state index contributed by atoms with van der Waals surface area (Å²) in [7, 11) is 6.63. The summed E-state index contributed by atoms with van der Waals surface area (Å²) in [5, 5.41) is 10.4. The summed E-state index contributed by atoms with van der Waals surface area (Å²) in [6.07, 6.45) is 5.20. The first-order valence-corrected chi connectivity index (χ1v) is 16.3. The fourth-order valence-electron chi connectivity index (χ4n) is 6.27. The number of carbonyl (C=O) groups is 1. The van der Waals surface area contributed by atoms with E-state index in [1.54, 1.807) is 26.3 Å². The van der Waals surface area contributed by atoms with Gasteiger partial charge in [0.25, 0.3) is 5.56 Å². The Kier molecular flexibility index (Phi) is 9.54. The lowest BCUT2D eigenvalue weighted by Gasteiger charge is -2.17. The number of hydrogen-bond acceptors (Lipinski definition) is 8. The number of amides is 1. The first-order valence-electron chi connectivity index (χ1n) is 15.6. The van der Waals surface area contributed by atoms with Crippen molar-refractivity contribution in [2.45, 2.75) is 31.7 Å². The van der Waals surface area contributed by atoms with E-state index in [0.717, 1.165) is 59.2 Å². The molecule has 2 aliphatic rings. The Labute approximate surface area is 286 Å². The van der Waals surface area contributed by atoms with E-state index in [-0.39, 0.29) is 23.2 Å². The highest BCUT2D eigenvalue weighted by Crippen LogP contribution is 2.44. The number of methoxy groups -OCH3 is 1. The summed E-state index contributed by atoms with van der Waals surface area (Å²) in [5.74, 6) is 1.09. The number of halogens is 2. The third kappa shape index (κ3) is 6.05. The van der Waals surface area contributed by atoms with E-state index in [9.17, 15) is 14.4 Å². The van der Waals surface area contributed by atoms with Crippen LogP contribution in [0.1, 0.15) is 36.4 Å². The molecule has 3 N–H and O–H groups in total. The minimum atomic E-state index is -0.454. The smallest absolute Gasteiger partial charge is 0.330 e. The number of pyridine rings is 2. The van der Waals surface area contributed by atoms with Crippen LogP contribution in [-0.2, 0) is 25.3 Å². The van der Waals surface area contributed by atoms with E-state index in [1.807, 2.05) is 37.4 Å². The number of anilines is 2. The summed E-state index contributed by atoms with van der Waals surface area (Å²) in [5.41, 5.74) is 5.30. The zero-order chi connectivity index (χ0) is 34.1. The molecule has 248 valence electrons. The van der Waals surface area contributed by atoms with Gasteiger partial charge in [-0.2, -0.15) is 0 Å². The van der Waals surface area contributed by atoms with Gasteiger partial charge in [-0.15, -0.1) is 0 Å². The van der Waals surface area contributed by atoms with E-state index in [0.29, 0.717) is 32.7 Å². The van der Waals surface area contributed by atoms with E-state index in [2.05, 4.69) is 27.0 Å². The zero-order valence-corrected chi connectivity index (χ0v) is 28.5. The Morgan fingerprint density at radius 2 is 1.69 bits per heavy atom. The van der Waals surface area contributed by atoms with Crippen LogP contribution < -0.4 is 31.9 Å². The molecule has 4 heterocycles. The zero-order valence-electron chi connectivity index (χ0n) is 27.0. The third-order valence-corrected chi connectivity index (χ3v) is 9.62. The molecule has 11 nitrogen and oxygen atoms in total. The summed E-state index contributed by atoms with van der Waals surface area (Å²) in [4.78, 5) is 44.9. The normalized spacial score (nSPS) is 15.1. The number of fused-ring (bicyclic) bond motifs is 2. The summed E-state index contributed by atoms with van der Waals surface area (Å²) < 4.78 is 8.15. The van der Waals surface area contributed by atoms with Gasteiger partial charge < -0.3 is 20.7 Å². The minimum absolute atomic E-state index is 0.202. The summed E-state index contributed by atoms with van der Waals surface area (Å²) in [6, 6.07) is 15.2. The number of ether oxygens (including phenoxy) is 1. The van der Waals surface area contributed by atoms with Crippen LogP contribution >= 0.6 is 23.2 Å². The second-order valence-electron chi connectivity index (χ2n) is 11.6. The molecule has 1 aliphatic heterocycles. The van der Waals surface area contributed by atoms with E-state index in [4.69, 9.17) is 32.9 Å². The average molecular weight is 689 g/mol. The molecular weight excluding hydrogens is 653 g/mol. The van der Waals surface area contributed by atoms with Crippen LogP contribution in [0.15, 0.2) is 64.3 Å². The third-order valence-electron chi connectivity index (χ3n) is 8.80. The van der Waals surface area contributed by atoms with Gasteiger partial charge in [-0.05, 0) is 50.1 Å². The van der Waals surface area contributed by atoms with Gasteiger partial charge in [-0.25, -0.2) is 14.8 Å². The molecule has 1 atom stereocenters. The van der Waals surface area contributed by atoms with Crippen LogP contribution in [0.5, 0.6) is 5.88 Å². The molecule has 0 saturated carbocycles. The number of nitrogens with zero attached hydrogens (tertiary/aromatic N) is 4. The molecule has 0 spiro atoms. The summed E-state index contributed by atoms with van der Waals surface area (Å²) >= 11 is 14.0. The van der Waals surface area contributed by atoms with E-state index in [1.165, 1.54) is 23.4 Å². The standard InChI is InChI=1S/C31H28Cl2N6O3.C4H7NO/c1-34-20-12-11-16-15-22(37-29(42-4)24(16)20)19-9-5-7-17(26(19)32)18-8-6-10-21(27(18)33)36-28-25-23(13-14-35-28)38(2)31(41)39(3)30(25)40;6-4-2-1-3-5-4/h5-10,13-15,20,34H,11-12H2,1-4H3,(H,35,36);1-3H2,(H,5,6). The molecule has 0 bridgehead atoms. The SMILES string of the molecule is CNC1CCc2cc(-c3cccc(-c4cccc(Nc5nccc6c5c(=O)n(C)c(=O)n6C)c4Cl)c3Cl)nc(OC)c21.O=C1CCCN1. The molecule has 48 heavy (non-hydrogen) atoms. The van der Waals surface area contributed by atoms with Crippen LogP contribution in [-0.4, -0.2) is 45.7 Å². The van der Waals surface area contributed by atoms with Gasteiger partial charge in [0.15, 0.2) is 0 Å². The number of rotatable bonds is 6. The molecule has 7 rings (SSSR count). The van der Waals surface area contributed by atoms with Gasteiger partial charge in [0.1, 0.15) is 11.2 Å². The molecule has 1 fully saturated rings. The lowest BCUT2D eigenvalue weighted by molar-refractivity contribution is -0.119. The number of aromatic nitrogens is 4. The van der Waals surface area contributed by atoms with E-state index < -0.39 is 11.2 Å². The van der Waals surface area contributed by atoms with Crippen LogP contribution in [0.25, 0.3) is 33.3 Å². The van der Waals surface area contributed by atoms with Gasteiger partial charge in [0, 0.05) is 61.6 Å². The second-order valence-corrected chi connectivity index (χ2v) is 12.4. The molecule has 2 aromatic carbocycles. The molecule has 3 aromatic heterocycles. The molecule has 13 heteroatoms. The molecule has 5 aromatic rings. The number of hydrogen-bond donors (Lipinski definition) is 3. The fraction of sp³-hybridized carbons (Fsp3) is 0.286. The lowest BCUT2D eigenvalue weighted by atomic mass is 9.99. The number of aryl methyl sites for hydroxylation is 2. The molecule has 1 unspecified atom stereocenters. The second kappa shape index (κ2) is 13.8. The van der Waals surface area contributed by atoms with Crippen molar-refractivity contribution in [3.05, 3.63) is 96.7 Å². The van der Waals surface area contributed by atoms with Gasteiger partial charge in [0.2, 0.25) is 11.8 Å². The molecule has 1 aliphatic carbocycles.